The lowest BCUT2D eigenvalue weighted by atomic mass is 9.96. The molecule has 0 rings (SSSR count). The summed E-state index contributed by atoms with van der Waals surface area (Å²) in [5.74, 6) is 0.612. The Labute approximate surface area is 190 Å². The van der Waals surface area contributed by atoms with E-state index in [1.165, 1.54) is 25.7 Å². The number of carbonyl (C=O) groups is 2. The summed E-state index contributed by atoms with van der Waals surface area (Å²) in [5.41, 5.74) is 0. The number of carbonyl (C=O) groups excluding carboxylic acids is 2. The van der Waals surface area contributed by atoms with Gasteiger partial charge in [0.05, 0.1) is 13.2 Å². The number of methoxy groups -OCH3 is 2. The Bertz CT molecular complexity index is 372. The monoisotopic (exact) mass is 444 g/mol. The standard InChI is InChI=1S/C25H48O6/c1-5-7-10-22(14-18-28-3)16-20-30-24(26)12-9-13-25(27)31-21-17-23(11-8-6-2)15-19-29-4/h22-23H,5-21H2,1-4H3. The lowest BCUT2D eigenvalue weighted by molar-refractivity contribution is -0.145. The molecule has 0 bridgehead atoms. The third-order valence-electron chi connectivity index (χ3n) is 5.73. The molecule has 2 unspecified atom stereocenters. The van der Waals surface area contributed by atoms with E-state index in [1.807, 2.05) is 0 Å². The van der Waals surface area contributed by atoms with Crippen LogP contribution in [0.2, 0.25) is 0 Å². The molecule has 0 aliphatic rings. The summed E-state index contributed by atoms with van der Waals surface area (Å²) in [4.78, 5) is 23.9. The molecule has 0 spiro atoms. The zero-order valence-corrected chi connectivity index (χ0v) is 20.6. The molecule has 0 aliphatic heterocycles. The number of rotatable bonds is 22. The van der Waals surface area contributed by atoms with Crippen molar-refractivity contribution in [3.05, 3.63) is 0 Å². The molecule has 6 heteroatoms. The first-order chi connectivity index (χ1) is 15.1. The van der Waals surface area contributed by atoms with E-state index in [0.29, 0.717) is 31.5 Å². The van der Waals surface area contributed by atoms with Crippen LogP contribution in [0.5, 0.6) is 0 Å². The molecule has 0 saturated carbocycles. The fraction of sp³-hybridized carbons (Fsp3) is 0.920. The maximum atomic E-state index is 11.9. The largest absolute Gasteiger partial charge is 0.466 e. The maximum absolute atomic E-state index is 11.9. The zero-order valence-electron chi connectivity index (χ0n) is 20.6. The van der Waals surface area contributed by atoms with Gasteiger partial charge in [-0.15, -0.1) is 0 Å². The summed E-state index contributed by atoms with van der Waals surface area (Å²) in [5, 5.41) is 0. The predicted molar refractivity (Wildman–Crippen MR) is 124 cm³/mol. The van der Waals surface area contributed by atoms with Gasteiger partial charge in [-0.2, -0.15) is 0 Å². The van der Waals surface area contributed by atoms with Crippen LogP contribution in [0.4, 0.5) is 0 Å². The third-order valence-corrected chi connectivity index (χ3v) is 5.73. The van der Waals surface area contributed by atoms with Crippen LogP contribution in [0, 0.1) is 11.8 Å². The molecule has 0 aliphatic carbocycles. The Kier molecular flexibility index (Phi) is 21.3. The molecule has 0 saturated heterocycles. The van der Waals surface area contributed by atoms with Gasteiger partial charge in [-0.1, -0.05) is 52.4 Å². The van der Waals surface area contributed by atoms with Gasteiger partial charge in [0.2, 0.25) is 0 Å². The highest BCUT2D eigenvalue weighted by molar-refractivity contribution is 5.72. The van der Waals surface area contributed by atoms with Crippen LogP contribution in [0.3, 0.4) is 0 Å². The van der Waals surface area contributed by atoms with Gasteiger partial charge >= 0.3 is 11.9 Å². The van der Waals surface area contributed by atoms with Crippen LogP contribution in [-0.4, -0.2) is 52.6 Å². The SMILES string of the molecule is CCCCC(CCOC)CCOC(=O)CCCC(=O)OCCC(CCCC)CCOC. The molecule has 0 aromatic rings. The van der Waals surface area contributed by atoms with E-state index in [0.717, 1.165) is 51.7 Å². The molecule has 0 N–H and O–H groups in total. The van der Waals surface area contributed by atoms with Crippen molar-refractivity contribution < 1.29 is 28.5 Å². The molecule has 0 radical (unpaired) electrons. The van der Waals surface area contributed by atoms with Crippen LogP contribution in [0.1, 0.15) is 97.3 Å². The first-order valence-corrected chi connectivity index (χ1v) is 12.4. The second kappa shape index (κ2) is 22.1. The van der Waals surface area contributed by atoms with Gasteiger partial charge in [0.25, 0.3) is 0 Å². The Morgan fingerprint density at radius 1 is 0.581 bits per heavy atom. The lowest BCUT2D eigenvalue weighted by Crippen LogP contribution is -2.13. The summed E-state index contributed by atoms with van der Waals surface area (Å²) in [7, 11) is 3.43. The fourth-order valence-electron chi connectivity index (χ4n) is 3.62. The molecular formula is C25H48O6. The van der Waals surface area contributed by atoms with Crippen molar-refractivity contribution in [1.29, 1.82) is 0 Å². The van der Waals surface area contributed by atoms with Gasteiger partial charge in [-0.3, -0.25) is 9.59 Å². The van der Waals surface area contributed by atoms with Crippen molar-refractivity contribution in [2.24, 2.45) is 11.8 Å². The molecule has 0 heterocycles. The molecule has 0 fully saturated rings. The first kappa shape index (κ1) is 29.9. The van der Waals surface area contributed by atoms with Gasteiger partial charge < -0.3 is 18.9 Å². The minimum atomic E-state index is -0.229. The molecule has 6 nitrogen and oxygen atoms in total. The van der Waals surface area contributed by atoms with Gasteiger partial charge in [0.1, 0.15) is 0 Å². The van der Waals surface area contributed by atoms with Crippen LogP contribution in [0.15, 0.2) is 0 Å². The highest BCUT2D eigenvalue weighted by atomic mass is 16.5. The van der Waals surface area contributed by atoms with Gasteiger partial charge in [0.15, 0.2) is 0 Å². The van der Waals surface area contributed by atoms with E-state index in [4.69, 9.17) is 18.9 Å². The number of hydrogen-bond acceptors (Lipinski definition) is 6. The minimum Gasteiger partial charge on any atom is -0.466 e. The minimum absolute atomic E-state index is 0.229. The third kappa shape index (κ3) is 19.3. The van der Waals surface area contributed by atoms with Crippen molar-refractivity contribution >= 4 is 11.9 Å². The predicted octanol–water partition coefficient (Wildman–Crippen LogP) is 5.71. The Morgan fingerprint density at radius 3 is 1.32 bits per heavy atom. The van der Waals surface area contributed by atoms with Gasteiger partial charge in [0, 0.05) is 40.3 Å². The zero-order chi connectivity index (χ0) is 23.2. The van der Waals surface area contributed by atoms with E-state index in [9.17, 15) is 9.59 Å². The van der Waals surface area contributed by atoms with E-state index in [-0.39, 0.29) is 24.8 Å². The lowest BCUT2D eigenvalue weighted by Gasteiger charge is -2.16. The molecule has 0 aromatic carbocycles. The number of unbranched alkanes of at least 4 members (excludes halogenated alkanes) is 2. The Balaban J connectivity index is 3.89. The van der Waals surface area contributed by atoms with Crippen molar-refractivity contribution in [1.82, 2.24) is 0 Å². The molecule has 0 amide bonds. The number of esters is 2. The molecule has 0 aromatic heterocycles. The summed E-state index contributed by atoms with van der Waals surface area (Å²) < 4.78 is 21.1. The first-order valence-electron chi connectivity index (χ1n) is 12.4. The van der Waals surface area contributed by atoms with Crippen LogP contribution < -0.4 is 0 Å². The van der Waals surface area contributed by atoms with Gasteiger partial charge in [-0.25, -0.2) is 0 Å². The highest BCUT2D eigenvalue weighted by Crippen LogP contribution is 2.18. The Morgan fingerprint density at radius 2 is 0.968 bits per heavy atom. The molecular weight excluding hydrogens is 396 g/mol. The maximum Gasteiger partial charge on any atom is 0.305 e. The summed E-state index contributed by atoms with van der Waals surface area (Å²) in [6.07, 6.45) is 11.8. The highest BCUT2D eigenvalue weighted by Gasteiger charge is 2.13. The van der Waals surface area contributed by atoms with Crippen molar-refractivity contribution in [2.75, 3.05) is 40.6 Å². The average Bonchev–Trinajstić information content (AvgIpc) is 2.76. The summed E-state index contributed by atoms with van der Waals surface area (Å²) in [6.45, 7) is 6.76. The average molecular weight is 445 g/mol. The van der Waals surface area contributed by atoms with E-state index < -0.39 is 0 Å². The number of ether oxygens (including phenoxy) is 4. The summed E-state index contributed by atoms with van der Waals surface area (Å²) >= 11 is 0. The molecule has 31 heavy (non-hydrogen) atoms. The smallest absolute Gasteiger partial charge is 0.305 e. The second-order valence-electron chi connectivity index (χ2n) is 8.45. The fourth-order valence-corrected chi connectivity index (χ4v) is 3.62. The second-order valence-corrected chi connectivity index (χ2v) is 8.45. The van der Waals surface area contributed by atoms with Crippen LogP contribution >= 0.6 is 0 Å². The van der Waals surface area contributed by atoms with Gasteiger partial charge in [-0.05, 0) is 43.9 Å². The molecule has 184 valence electrons. The van der Waals surface area contributed by atoms with Crippen molar-refractivity contribution in [2.45, 2.75) is 97.3 Å². The van der Waals surface area contributed by atoms with E-state index >= 15 is 0 Å². The van der Waals surface area contributed by atoms with Crippen LogP contribution in [-0.2, 0) is 28.5 Å². The van der Waals surface area contributed by atoms with Crippen LogP contribution in [0.25, 0.3) is 0 Å². The van der Waals surface area contributed by atoms with Crippen molar-refractivity contribution in [3.8, 4) is 0 Å². The topological polar surface area (TPSA) is 71.1 Å². The van der Waals surface area contributed by atoms with Crippen molar-refractivity contribution in [3.63, 3.8) is 0 Å². The van der Waals surface area contributed by atoms with E-state index in [2.05, 4.69) is 13.8 Å². The summed E-state index contributed by atoms with van der Waals surface area (Å²) in [6, 6.07) is 0. The normalized spacial score (nSPS) is 13.0. The Hall–Kier alpha value is -1.14. The quantitative estimate of drug-likeness (QED) is 0.199. The van der Waals surface area contributed by atoms with E-state index in [1.54, 1.807) is 14.2 Å². The number of hydrogen-bond donors (Lipinski definition) is 0. The molecule has 2 atom stereocenters.